The molecule has 0 saturated heterocycles. The Morgan fingerprint density at radius 2 is 2.45 bits per heavy atom. The van der Waals surface area contributed by atoms with Crippen molar-refractivity contribution in [3.05, 3.63) is 10.3 Å². The number of hydrogen-bond donors (Lipinski definition) is 1. The normalized spacial score (nSPS) is 15.8. The molecule has 3 nitrogen and oxygen atoms in total. The highest BCUT2D eigenvalue weighted by Gasteiger charge is 2.14. The lowest BCUT2D eigenvalue weighted by atomic mass is 10.4. The fourth-order valence-electron chi connectivity index (χ4n) is 1.33. The second kappa shape index (κ2) is 2.52. The first kappa shape index (κ1) is 7.16. The summed E-state index contributed by atoms with van der Waals surface area (Å²) in [7, 11) is 0. The minimum Gasteiger partial charge on any atom is -0.356 e. The van der Waals surface area contributed by atoms with Gasteiger partial charge in [0.1, 0.15) is 4.60 Å². The Labute approximate surface area is 73.9 Å². The van der Waals surface area contributed by atoms with Gasteiger partial charge >= 0.3 is 0 Å². The molecular formula is C7H10BrN3. The lowest BCUT2D eigenvalue weighted by Gasteiger charge is -2.15. The van der Waals surface area contributed by atoms with Crippen molar-refractivity contribution in [2.24, 2.45) is 0 Å². The molecule has 1 aliphatic heterocycles. The predicted molar refractivity (Wildman–Crippen MR) is 47.8 cm³/mol. The number of imidazole rings is 1. The van der Waals surface area contributed by atoms with Gasteiger partial charge in [0.05, 0.1) is 5.69 Å². The molecule has 0 aliphatic carbocycles. The van der Waals surface area contributed by atoms with Crippen LogP contribution in [0.1, 0.15) is 12.1 Å². The fraction of sp³-hybridized carbons (Fsp3) is 0.571. The van der Waals surface area contributed by atoms with Gasteiger partial charge in [-0.1, -0.05) is 0 Å². The van der Waals surface area contributed by atoms with Gasteiger partial charge in [0, 0.05) is 13.1 Å². The number of halogens is 1. The maximum absolute atomic E-state index is 4.36. The topological polar surface area (TPSA) is 29.9 Å². The summed E-state index contributed by atoms with van der Waals surface area (Å²) in [6.45, 7) is 4.13. The Hall–Kier alpha value is -0.510. The minimum absolute atomic E-state index is 1.00. The lowest BCUT2D eigenvalue weighted by Crippen LogP contribution is -2.17. The molecular weight excluding hydrogens is 206 g/mol. The molecule has 1 N–H and O–H groups in total. The fourth-order valence-corrected chi connectivity index (χ4v) is 1.76. The van der Waals surface area contributed by atoms with E-state index in [4.69, 9.17) is 0 Å². The Bertz CT molecular complexity index is 279. The van der Waals surface area contributed by atoms with Gasteiger partial charge in [-0.05, 0) is 29.3 Å². The summed E-state index contributed by atoms with van der Waals surface area (Å²) in [5.74, 6) is 1.00. The summed E-state index contributed by atoms with van der Waals surface area (Å²) in [4.78, 5) is 4.36. The number of aryl methyl sites for hydroxylation is 1. The first-order chi connectivity index (χ1) is 5.29. The number of aromatic nitrogens is 2. The van der Waals surface area contributed by atoms with Crippen molar-refractivity contribution in [3.8, 4) is 0 Å². The van der Waals surface area contributed by atoms with Gasteiger partial charge < -0.3 is 9.88 Å². The van der Waals surface area contributed by atoms with E-state index in [-0.39, 0.29) is 0 Å². The smallest absolute Gasteiger partial charge is 0.203 e. The molecule has 0 spiro atoms. The van der Waals surface area contributed by atoms with E-state index in [0.717, 1.165) is 29.3 Å². The summed E-state index contributed by atoms with van der Waals surface area (Å²) >= 11 is 3.50. The molecule has 0 aromatic carbocycles. The van der Waals surface area contributed by atoms with Gasteiger partial charge in [0.2, 0.25) is 5.95 Å². The van der Waals surface area contributed by atoms with Crippen molar-refractivity contribution in [3.63, 3.8) is 0 Å². The van der Waals surface area contributed by atoms with Crippen molar-refractivity contribution in [1.82, 2.24) is 9.55 Å². The highest BCUT2D eigenvalue weighted by atomic mass is 79.9. The van der Waals surface area contributed by atoms with Crippen LogP contribution in [0.2, 0.25) is 0 Å². The Balaban J connectivity index is 2.50. The van der Waals surface area contributed by atoms with Gasteiger partial charge in [-0.2, -0.15) is 0 Å². The zero-order valence-electron chi connectivity index (χ0n) is 6.39. The quantitative estimate of drug-likeness (QED) is 0.716. The zero-order valence-corrected chi connectivity index (χ0v) is 7.98. The summed E-state index contributed by atoms with van der Waals surface area (Å²) < 4.78 is 3.28. The molecule has 2 heterocycles. The third-order valence-electron chi connectivity index (χ3n) is 1.91. The molecule has 11 heavy (non-hydrogen) atoms. The Kier molecular flexibility index (Phi) is 1.64. The first-order valence-electron chi connectivity index (χ1n) is 3.75. The highest BCUT2D eigenvalue weighted by molar-refractivity contribution is 9.10. The predicted octanol–water partition coefficient (Wildman–Crippen LogP) is 1.77. The number of rotatable bonds is 0. The average molecular weight is 216 g/mol. The number of anilines is 1. The van der Waals surface area contributed by atoms with Crippen LogP contribution in [-0.4, -0.2) is 16.1 Å². The number of nitrogens with one attached hydrogen (secondary N) is 1. The summed E-state index contributed by atoms with van der Waals surface area (Å²) in [6, 6.07) is 0. The molecule has 1 aliphatic rings. The van der Waals surface area contributed by atoms with E-state index < -0.39 is 0 Å². The maximum atomic E-state index is 4.36. The zero-order chi connectivity index (χ0) is 7.84. The first-order valence-corrected chi connectivity index (χ1v) is 4.55. The van der Waals surface area contributed by atoms with Gasteiger partial charge in [-0.3, -0.25) is 0 Å². The molecule has 0 amide bonds. The van der Waals surface area contributed by atoms with E-state index >= 15 is 0 Å². The van der Waals surface area contributed by atoms with Crippen LogP contribution in [0.25, 0.3) is 0 Å². The molecule has 0 unspecified atom stereocenters. The molecule has 0 atom stereocenters. The highest BCUT2D eigenvalue weighted by Crippen LogP contribution is 2.23. The standard InChI is InChI=1S/C7H10BrN3/c1-5-6(8)11-4-2-3-9-7(11)10-5/h2-4H2,1H3,(H,9,10). The lowest BCUT2D eigenvalue weighted by molar-refractivity contribution is 0.618. The minimum atomic E-state index is 1.00. The SMILES string of the molecule is Cc1nc2n(c1Br)CCCN2. The Morgan fingerprint density at radius 1 is 1.64 bits per heavy atom. The molecule has 4 heteroatoms. The van der Waals surface area contributed by atoms with Gasteiger partial charge in [0.15, 0.2) is 0 Å². The summed E-state index contributed by atoms with van der Waals surface area (Å²) in [5, 5.41) is 3.25. The number of hydrogen-bond acceptors (Lipinski definition) is 2. The monoisotopic (exact) mass is 215 g/mol. The van der Waals surface area contributed by atoms with Gasteiger partial charge in [-0.25, -0.2) is 4.98 Å². The van der Waals surface area contributed by atoms with Crippen molar-refractivity contribution < 1.29 is 0 Å². The Morgan fingerprint density at radius 3 is 3.18 bits per heavy atom. The van der Waals surface area contributed by atoms with Crippen LogP contribution >= 0.6 is 15.9 Å². The third-order valence-corrected chi connectivity index (χ3v) is 2.91. The molecule has 60 valence electrons. The molecule has 0 fully saturated rings. The van der Waals surface area contributed by atoms with E-state index in [9.17, 15) is 0 Å². The molecule has 1 aromatic heterocycles. The molecule has 0 saturated carbocycles. The van der Waals surface area contributed by atoms with E-state index in [1.54, 1.807) is 0 Å². The van der Waals surface area contributed by atoms with Gasteiger partial charge in [0.25, 0.3) is 0 Å². The van der Waals surface area contributed by atoms with Gasteiger partial charge in [-0.15, -0.1) is 0 Å². The average Bonchev–Trinajstić information content (AvgIpc) is 2.30. The van der Waals surface area contributed by atoms with Crippen molar-refractivity contribution in [2.75, 3.05) is 11.9 Å². The second-order valence-corrected chi connectivity index (χ2v) is 3.49. The maximum Gasteiger partial charge on any atom is 0.203 e. The van der Waals surface area contributed by atoms with Crippen molar-refractivity contribution in [2.45, 2.75) is 19.9 Å². The summed E-state index contributed by atoms with van der Waals surface area (Å²) in [6.07, 6.45) is 1.18. The van der Waals surface area contributed by atoms with Crippen LogP contribution in [0.5, 0.6) is 0 Å². The van der Waals surface area contributed by atoms with E-state index in [1.165, 1.54) is 6.42 Å². The van der Waals surface area contributed by atoms with Crippen LogP contribution in [0.3, 0.4) is 0 Å². The number of fused-ring (bicyclic) bond motifs is 1. The third kappa shape index (κ3) is 1.05. The molecule has 1 aromatic rings. The molecule has 0 bridgehead atoms. The van der Waals surface area contributed by atoms with Crippen molar-refractivity contribution in [1.29, 1.82) is 0 Å². The van der Waals surface area contributed by atoms with E-state index in [2.05, 4.69) is 30.8 Å². The largest absolute Gasteiger partial charge is 0.356 e. The summed E-state index contributed by atoms with van der Waals surface area (Å²) in [5.41, 5.74) is 1.06. The molecule has 2 rings (SSSR count). The molecule has 0 radical (unpaired) electrons. The van der Waals surface area contributed by atoms with Crippen LogP contribution in [0, 0.1) is 6.92 Å². The second-order valence-electron chi connectivity index (χ2n) is 2.74. The van der Waals surface area contributed by atoms with Crippen molar-refractivity contribution >= 4 is 21.9 Å². The number of nitrogens with zero attached hydrogens (tertiary/aromatic N) is 2. The van der Waals surface area contributed by atoms with Crippen LogP contribution in [0.4, 0.5) is 5.95 Å². The van der Waals surface area contributed by atoms with E-state index in [0.29, 0.717) is 0 Å². The van der Waals surface area contributed by atoms with Crippen LogP contribution in [0.15, 0.2) is 4.60 Å². The van der Waals surface area contributed by atoms with Crippen LogP contribution < -0.4 is 5.32 Å². The van der Waals surface area contributed by atoms with Crippen LogP contribution in [-0.2, 0) is 6.54 Å². The van der Waals surface area contributed by atoms with E-state index in [1.807, 2.05) is 6.92 Å².